The van der Waals surface area contributed by atoms with Crippen LogP contribution in [0.4, 0.5) is 0 Å². The van der Waals surface area contributed by atoms with Crippen LogP contribution in [-0.4, -0.2) is 31.9 Å². The largest absolute Gasteiger partial charge is 0.312 e. The van der Waals surface area contributed by atoms with Crippen LogP contribution in [0.5, 0.6) is 0 Å². The number of hydrogen-bond donors (Lipinski definition) is 0. The Kier molecular flexibility index (Phi) is 3.75. The molecule has 6 heteroatoms. The van der Waals surface area contributed by atoms with Crippen molar-refractivity contribution in [2.75, 3.05) is 13.1 Å². The van der Waals surface area contributed by atoms with Gasteiger partial charge in [-0.25, -0.2) is 4.98 Å². The fraction of sp³-hybridized carbons (Fsp3) is 0.381. The quantitative estimate of drug-likeness (QED) is 0.697. The molecule has 0 aromatic carbocycles. The van der Waals surface area contributed by atoms with Crippen molar-refractivity contribution in [3.05, 3.63) is 80.3 Å². The molecular formula is C21H22N4O2. The van der Waals surface area contributed by atoms with Gasteiger partial charge in [0.25, 0.3) is 11.1 Å². The van der Waals surface area contributed by atoms with Crippen molar-refractivity contribution < 1.29 is 0 Å². The molecule has 0 radical (unpaired) electrons. The van der Waals surface area contributed by atoms with Crippen LogP contribution in [-0.2, 0) is 13.1 Å². The van der Waals surface area contributed by atoms with E-state index in [0.29, 0.717) is 24.0 Å². The molecule has 2 atom stereocenters. The molecule has 27 heavy (non-hydrogen) atoms. The van der Waals surface area contributed by atoms with Crippen molar-refractivity contribution >= 4 is 5.65 Å². The van der Waals surface area contributed by atoms with Crippen LogP contribution in [0.15, 0.2) is 52.2 Å². The summed E-state index contributed by atoms with van der Waals surface area (Å²) in [6.07, 6.45) is 2.91. The van der Waals surface area contributed by atoms with Crippen molar-refractivity contribution in [3.63, 3.8) is 0 Å². The summed E-state index contributed by atoms with van der Waals surface area (Å²) in [6, 6.07) is 11.1. The lowest BCUT2D eigenvalue weighted by atomic mass is 9.83. The molecule has 3 aromatic heterocycles. The molecule has 138 valence electrons. The first-order chi connectivity index (χ1) is 13.1. The van der Waals surface area contributed by atoms with Gasteiger partial charge in [-0.3, -0.25) is 18.9 Å². The van der Waals surface area contributed by atoms with Crippen molar-refractivity contribution in [1.29, 1.82) is 0 Å². The highest BCUT2D eigenvalue weighted by molar-refractivity contribution is 5.41. The van der Waals surface area contributed by atoms with Crippen molar-refractivity contribution in [2.45, 2.75) is 32.4 Å². The zero-order valence-electron chi connectivity index (χ0n) is 15.3. The third-order valence-corrected chi connectivity index (χ3v) is 5.82. The number of pyridine rings is 2. The molecule has 1 saturated heterocycles. The molecule has 0 N–H and O–H groups in total. The first-order valence-electron chi connectivity index (χ1n) is 9.48. The third kappa shape index (κ3) is 2.90. The first kappa shape index (κ1) is 16.4. The van der Waals surface area contributed by atoms with Gasteiger partial charge in [0.05, 0.1) is 5.69 Å². The highest BCUT2D eigenvalue weighted by atomic mass is 16.1. The summed E-state index contributed by atoms with van der Waals surface area (Å²) in [6.45, 7) is 5.30. The van der Waals surface area contributed by atoms with Gasteiger partial charge in [-0.2, -0.15) is 0 Å². The Bertz CT molecular complexity index is 1150. The lowest BCUT2D eigenvalue weighted by molar-refractivity contribution is 0.113. The molecule has 0 unspecified atom stereocenters. The molecule has 2 aliphatic heterocycles. The Hall–Kier alpha value is -2.73. The van der Waals surface area contributed by atoms with Gasteiger partial charge < -0.3 is 4.57 Å². The third-order valence-electron chi connectivity index (χ3n) is 5.82. The van der Waals surface area contributed by atoms with Crippen LogP contribution < -0.4 is 11.1 Å². The summed E-state index contributed by atoms with van der Waals surface area (Å²) in [5.41, 5.74) is 3.82. The number of rotatable bonds is 2. The second-order valence-corrected chi connectivity index (χ2v) is 7.91. The molecule has 6 nitrogen and oxygen atoms in total. The first-order valence-corrected chi connectivity index (χ1v) is 9.48. The van der Waals surface area contributed by atoms with E-state index in [9.17, 15) is 9.59 Å². The molecule has 0 saturated carbocycles. The van der Waals surface area contributed by atoms with E-state index in [-0.39, 0.29) is 11.1 Å². The Labute approximate surface area is 156 Å². The molecule has 2 aliphatic rings. The minimum Gasteiger partial charge on any atom is -0.312 e. The van der Waals surface area contributed by atoms with E-state index in [1.54, 1.807) is 22.7 Å². The smallest absolute Gasteiger partial charge is 0.258 e. The minimum atomic E-state index is -0.0379. The molecule has 1 fully saturated rings. The number of aromatic nitrogens is 3. The summed E-state index contributed by atoms with van der Waals surface area (Å²) < 4.78 is 3.53. The van der Waals surface area contributed by atoms with Crippen molar-refractivity contribution in [1.82, 2.24) is 18.9 Å². The van der Waals surface area contributed by atoms with E-state index < -0.39 is 0 Å². The zero-order chi connectivity index (χ0) is 18.5. The van der Waals surface area contributed by atoms with E-state index in [1.807, 2.05) is 29.7 Å². The summed E-state index contributed by atoms with van der Waals surface area (Å²) in [7, 11) is 0. The predicted molar refractivity (Wildman–Crippen MR) is 103 cm³/mol. The van der Waals surface area contributed by atoms with Gasteiger partial charge in [-0.05, 0) is 43.0 Å². The fourth-order valence-corrected chi connectivity index (χ4v) is 4.69. The maximum atomic E-state index is 12.4. The van der Waals surface area contributed by atoms with Crippen LogP contribution in [0.3, 0.4) is 0 Å². The van der Waals surface area contributed by atoms with Crippen LogP contribution in [0.25, 0.3) is 5.65 Å². The van der Waals surface area contributed by atoms with E-state index in [1.165, 1.54) is 0 Å². The van der Waals surface area contributed by atoms with Crippen LogP contribution in [0.1, 0.15) is 29.3 Å². The second-order valence-electron chi connectivity index (χ2n) is 7.91. The number of piperidine rings is 1. The van der Waals surface area contributed by atoms with Gasteiger partial charge in [-0.1, -0.05) is 6.07 Å². The normalized spacial score (nSPS) is 22.0. The topological polar surface area (TPSA) is 59.6 Å². The summed E-state index contributed by atoms with van der Waals surface area (Å²) in [5.74, 6) is 0.843. The highest BCUT2D eigenvalue weighted by Crippen LogP contribution is 2.35. The number of aryl methyl sites for hydroxylation is 1. The fourth-order valence-electron chi connectivity index (χ4n) is 4.69. The van der Waals surface area contributed by atoms with E-state index in [0.717, 1.165) is 43.0 Å². The van der Waals surface area contributed by atoms with Crippen LogP contribution in [0, 0.1) is 12.8 Å². The standard InChI is InChI=1S/C21H22N4O2/c1-14-5-6-24-19(7-14)22-17(9-21(24)27)13-23-10-15-8-16(12-23)18-3-2-4-20(26)25(18)11-15/h2-7,9,15-16H,8,10-13H2,1H3/t15-,16+/m1/s1. The van der Waals surface area contributed by atoms with Gasteiger partial charge in [-0.15, -0.1) is 0 Å². The Morgan fingerprint density at radius 3 is 2.85 bits per heavy atom. The monoisotopic (exact) mass is 362 g/mol. The molecule has 0 spiro atoms. The van der Waals surface area contributed by atoms with Gasteiger partial charge in [0.15, 0.2) is 0 Å². The second kappa shape index (κ2) is 6.16. The van der Waals surface area contributed by atoms with E-state index in [2.05, 4.69) is 11.0 Å². The van der Waals surface area contributed by atoms with Gasteiger partial charge in [0, 0.05) is 56.1 Å². The Morgan fingerprint density at radius 1 is 1.07 bits per heavy atom. The van der Waals surface area contributed by atoms with Crippen molar-refractivity contribution in [2.24, 2.45) is 5.92 Å². The molecular weight excluding hydrogens is 340 g/mol. The summed E-state index contributed by atoms with van der Waals surface area (Å²) in [5, 5.41) is 0. The molecule has 0 aliphatic carbocycles. The number of fused-ring (bicyclic) bond motifs is 5. The summed E-state index contributed by atoms with van der Waals surface area (Å²) >= 11 is 0. The van der Waals surface area contributed by atoms with E-state index >= 15 is 0 Å². The number of hydrogen-bond acceptors (Lipinski definition) is 4. The Balaban J connectivity index is 1.44. The van der Waals surface area contributed by atoms with Gasteiger partial charge >= 0.3 is 0 Å². The highest BCUT2D eigenvalue weighted by Gasteiger charge is 2.34. The molecule has 3 aromatic rings. The molecule has 2 bridgehead atoms. The van der Waals surface area contributed by atoms with Crippen molar-refractivity contribution in [3.8, 4) is 0 Å². The minimum absolute atomic E-state index is 0.0379. The van der Waals surface area contributed by atoms with Crippen LogP contribution >= 0.6 is 0 Å². The molecule has 5 heterocycles. The number of nitrogens with zero attached hydrogens (tertiary/aromatic N) is 4. The maximum Gasteiger partial charge on any atom is 0.258 e. The van der Waals surface area contributed by atoms with E-state index in [4.69, 9.17) is 4.98 Å². The van der Waals surface area contributed by atoms with Crippen LogP contribution in [0.2, 0.25) is 0 Å². The molecule has 0 amide bonds. The zero-order valence-corrected chi connectivity index (χ0v) is 15.3. The SMILES string of the molecule is Cc1ccn2c(=O)cc(CN3C[C@H]4C[C@@H](C3)c3cccc(=O)n3C4)nc2c1. The number of likely N-dealkylation sites (tertiary alicyclic amines) is 1. The predicted octanol–water partition coefficient (Wildman–Crippen LogP) is 1.78. The lowest BCUT2D eigenvalue weighted by Crippen LogP contribution is -2.46. The van der Waals surface area contributed by atoms with Gasteiger partial charge in [0.2, 0.25) is 0 Å². The lowest BCUT2D eigenvalue weighted by Gasteiger charge is -2.42. The average molecular weight is 362 g/mol. The average Bonchev–Trinajstić information content (AvgIpc) is 2.62. The molecule has 5 rings (SSSR count). The maximum absolute atomic E-state index is 12.4. The van der Waals surface area contributed by atoms with Gasteiger partial charge in [0.1, 0.15) is 5.65 Å². The Morgan fingerprint density at radius 2 is 1.96 bits per heavy atom. The summed E-state index contributed by atoms with van der Waals surface area (Å²) in [4.78, 5) is 31.7.